The van der Waals surface area contributed by atoms with Crippen molar-refractivity contribution in [1.29, 1.82) is 0 Å². The molecular weight excluding hydrogens is 385 g/mol. The summed E-state index contributed by atoms with van der Waals surface area (Å²) in [6.07, 6.45) is 0. The van der Waals surface area contributed by atoms with Gasteiger partial charge in [-0.05, 0) is 42.3 Å². The molecular formula is C21H19Cl2NO3. The molecule has 0 fully saturated rings. The number of rotatable bonds is 4. The number of hydrogen-bond acceptors (Lipinski definition) is 3. The van der Waals surface area contributed by atoms with Crippen LogP contribution in [-0.4, -0.2) is 16.8 Å². The number of Topliss-reactive ketones (excluding diaryl/α,β-unsaturated/α-hetero) is 1. The Kier molecular flexibility index (Phi) is 5.31. The van der Waals surface area contributed by atoms with Gasteiger partial charge < -0.3 is 5.11 Å². The van der Waals surface area contributed by atoms with Crippen LogP contribution < -0.4 is 4.90 Å². The van der Waals surface area contributed by atoms with Crippen molar-refractivity contribution in [2.75, 3.05) is 4.90 Å². The molecule has 0 spiro atoms. The van der Waals surface area contributed by atoms with E-state index in [1.807, 2.05) is 25.1 Å². The first-order chi connectivity index (χ1) is 12.7. The van der Waals surface area contributed by atoms with Crippen molar-refractivity contribution in [2.45, 2.75) is 26.8 Å². The molecule has 140 valence electrons. The van der Waals surface area contributed by atoms with Crippen LogP contribution in [0, 0.1) is 12.8 Å². The number of aliphatic hydroxyl groups excluding tert-OH is 1. The van der Waals surface area contributed by atoms with Gasteiger partial charge in [-0.15, -0.1) is 0 Å². The predicted octanol–water partition coefficient (Wildman–Crippen LogP) is 5.43. The van der Waals surface area contributed by atoms with Crippen molar-refractivity contribution < 1.29 is 14.7 Å². The minimum atomic E-state index is -0.774. The number of anilines is 1. The Bertz CT molecular complexity index is 966. The quantitative estimate of drug-likeness (QED) is 0.740. The molecule has 0 aromatic heterocycles. The van der Waals surface area contributed by atoms with Crippen molar-refractivity contribution in [3.05, 3.63) is 75.0 Å². The van der Waals surface area contributed by atoms with E-state index in [-0.39, 0.29) is 17.3 Å². The van der Waals surface area contributed by atoms with Gasteiger partial charge in [-0.3, -0.25) is 14.5 Å². The number of aliphatic hydroxyl groups is 1. The van der Waals surface area contributed by atoms with Crippen molar-refractivity contribution in [3.8, 4) is 0 Å². The first kappa shape index (κ1) is 19.5. The van der Waals surface area contributed by atoms with E-state index in [0.717, 1.165) is 5.56 Å². The second-order valence-electron chi connectivity index (χ2n) is 6.87. The lowest BCUT2D eigenvalue weighted by Crippen LogP contribution is -2.31. The van der Waals surface area contributed by atoms with Gasteiger partial charge >= 0.3 is 0 Å². The van der Waals surface area contributed by atoms with Gasteiger partial charge in [-0.25, -0.2) is 0 Å². The maximum atomic E-state index is 12.9. The number of nitrogens with zero attached hydrogens (tertiary/aromatic N) is 1. The third-order valence-electron chi connectivity index (χ3n) is 4.54. The van der Waals surface area contributed by atoms with Gasteiger partial charge in [-0.1, -0.05) is 55.2 Å². The van der Waals surface area contributed by atoms with Crippen molar-refractivity contribution in [1.82, 2.24) is 0 Å². The Labute approximate surface area is 168 Å². The third-order valence-corrected chi connectivity index (χ3v) is 5.28. The van der Waals surface area contributed by atoms with E-state index in [4.69, 9.17) is 23.2 Å². The Morgan fingerprint density at radius 2 is 1.81 bits per heavy atom. The van der Waals surface area contributed by atoms with Crippen LogP contribution in [0.2, 0.25) is 10.0 Å². The molecule has 1 N–H and O–H groups in total. The number of carbonyl (C=O) groups is 2. The maximum Gasteiger partial charge on any atom is 0.294 e. The summed E-state index contributed by atoms with van der Waals surface area (Å²) >= 11 is 12.2. The number of halogens is 2. The van der Waals surface area contributed by atoms with Gasteiger partial charge in [0.05, 0.1) is 21.7 Å². The fraction of sp³-hybridized carbons (Fsp3) is 0.238. The second kappa shape index (κ2) is 7.37. The summed E-state index contributed by atoms with van der Waals surface area (Å²) in [7, 11) is 0. The summed E-state index contributed by atoms with van der Waals surface area (Å²) in [6.45, 7) is 5.37. The van der Waals surface area contributed by atoms with E-state index in [0.29, 0.717) is 21.3 Å². The summed E-state index contributed by atoms with van der Waals surface area (Å²) in [6, 6.07) is 11.5. The van der Waals surface area contributed by atoms with Gasteiger partial charge in [0.2, 0.25) is 0 Å². The summed E-state index contributed by atoms with van der Waals surface area (Å²) in [5.41, 5.74) is 2.23. The molecule has 0 aliphatic carbocycles. The average molecular weight is 404 g/mol. The molecule has 2 aromatic carbocycles. The van der Waals surface area contributed by atoms with Crippen molar-refractivity contribution in [3.63, 3.8) is 0 Å². The second-order valence-corrected chi connectivity index (χ2v) is 7.69. The molecule has 1 unspecified atom stereocenters. The SMILES string of the molecule is Cc1cccc(N2C(=O)C(O)=C(C(=O)C(C)C)C2c2ccc(Cl)c(Cl)c2)c1. The smallest absolute Gasteiger partial charge is 0.294 e. The molecule has 3 rings (SSSR count). The number of hydrogen-bond donors (Lipinski definition) is 1. The average Bonchev–Trinajstić information content (AvgIpc) is 2.88. The number of aryl methyl sites for hydroxylation is 1. The van der Waals surface area contributed by atoms with Gasteiger partial charge in [0.15, 0.2) is 11.5 Å². The van der Waals surface area contributed by atoms with Crippen LogP contribution in [0.15, 0.2) is 53.8 Å². The topological polar surface area (TPSA) is 57.6 Å². The number of carbonyl (C=O) groups excluding carboxylic acids is 2. The molecule has 6 heteroatoms. The van der Waals surface area contributed by atoms with E-state index in [9.17, 15) is 14.7 Å². The van der Waals surface area contributed by atoms with Crippen LogP contribution in [0.5, 0.6) is 0 Å². The van der Waals surface area contributed by atoms with Crippen LogP contribution in [0.3, 0.4) is 0 Å². The highest BCUT2D eigenvalue weighted by Crippen LogP contribution is 2.43. The minimum absolute atomic E-state index is 0.0786. The van der Waals surface area contributed by atoms with Gasteiger partial charge in [0.25, 0.3) is 5.91 Å². The lowest BCUT2D eigenvalue weighted by atomic mass is 9.91. The number of benzene rings is 2. The molecule has 0 bridgehead atoms. The van der Waals surface area contributed by atoms with Crippen molar-refractivity contribution >= 4 is 40.6 Å². The maximum absolute atomic E-state index is 12.9. The zero-order chi connectivity index (χ0) is 19.9. The Hall–Kier alpha value is -2.30. The third kappa shape index (κ3) is 3.47. The van der Waals surface area contributed by atoms with E-state index in [1.165, 1.54) is 4.90 Å². The van der Waals surface area contributed by atoms with Gasteiger partial charge in [0.1, 0.15) is 0 Å². The Morgan fingerprint density at radius 1 is 1.11 bits per heavy atom. The van der Waals surface area contributed by atoms with E-state index in [2.05, 4.69) is 0 Å². The lowest BCUT2D eigenvalue weighted by molar-refractivity contribution is -0.119. The molecule has 1 aliphatic heterocycles. The summed E-state index contributed by atoms with van der Waals surface area (Å²) in [5, 5.41) is 11.2. The molecule has 0 saturated heterocycles. The van der Waals surface area contributed by atoms with E-state index in [1.54, 1.807) is 38.1 Å². The highest BCUT2D eigenvalue weighted by atomic mass is 35.5. The summed E-state index contributed by atoms with van der Waals surface area (Å²) in [5.74, 6) is -1.79. The van der Waals surface area contributed by atoms with E-state index >= 15 is 0 Å². The first-order valence-electron chi connectivity index (χ1n) is 8.55. The summed E-state index contributed by atoms with van der Waals surface area (Å²) in [4.78, 5) is 27.1. The van der Waals surface area contributed by atoms with Crippen LogP contribution in [0.25, 0.3) is 0 Å². The molecule has 1 heterocycles. The summed E-state index contributed by atoms with van der Waals surface area (Å²) < 4.78 is 0. The van der Waals surface area contributed by atoms with Crippen LogP contribution in [0.1, 0.15) is 31.0 Å². The zero-order valence-electron chi connectivity index (χ0n) is 15.2. The Balaban J connectivity index is 2.22. The molecule has 4 nitrogen and oxygen atoms in total. The molecule has 1 aliphatic rings. The van der Waals surface area contributed by atoms with Gasteiger partial charge in [0, 0.05) is 11.6 Å². The van der Waals surface area contributed by atoms with Crippen LogP contribution in [-0.2, 0) is 9.59 Å². The highest BCUT2D eigenvalue weighted by molar-refractivity contribution is 6.42. The normalized spacial score (nSPS) is 17.2. The predicted molar refractivity (Wildman–Crippen MR) is 107 cm³/mol. The molecule has 0 saturated carbocycles. The fourth-order valence-corrected chi connectivity index (χ4v) is 3.52. The molecule has 2 aromatic rings. The Morgan fingerprint density at radius 3 is 2.41 bits per heavy atom. The fourth-order valence-electron chi connectivity index (χ4n) is 3.21. The van der Waals surface area contributed by atoms with Gasteiger partial charge in [-0.2, -0.15) is 0 Å². The largest absolute Gasteiger partial charge is 0.503 e. The van der Waals surface area contributed by atoms with Crippen LogP contribution >= 0.6 is 23.2 Å². The molecule has 1 amide bonds. The molecule has 0 radical (unpaired) electrons. The zero-order valence-corrected chi connectivity index (χ0v) is 16.7. The van der Waals surface area contributed by atoms with Crippen LogP contribution in [0.4, 0.5) is 5.69 Å². The lowest BCUT2D eigenvalue weighted by Gasteiger charge is -2.28. The number of amides is 1. The highest BCUT2D eigenvalue weighted by Gasteiger charge is 2.44. The van der Waals surface area contributed by atoms with Crippen molar-refractivity contribution in [2.24, 2.45) is 5.92 Å². The monoisotopic (exact) mass is 403 g/mol. The molecule has 27 heavy (non-hydrogen) atoms. The standard InChI is InChI=1S/C21H19Cl2NO3/c1-11(2)19(25)17-18(13-7-8-15(22)16(23)10-13)24(21(27)20(17)26)14-6-4-5-12(3)9-14/h4-11,18,26H,1-3H3. The first-order valence-corrected chi connectivity index (χ1v) is 9.30. The minimum Gasteiger partial charge on any atom is -0.503 e. The molecule has 1 atom stereocenters. The number of ketones is 1. The van der Waals surface area contributed by atoms with E-state index < -0.39 is 17.7 Å².